The molecule has 2 N–H and O–H groups in total. The summed E-state index contributed by atoms with van der Waals surface area (Å²) in [5.41, 5.74) is 3.90. The Kier molecular flexibility index (Phi) is 5.90. The van der Waals surface area contributed by atoms with E-state index in [9.17, 15) is 10.1 Å². The molecule has 0 spiro atoms. The Balaban J connectivity index is 1.62. The van der Waals surface area contributed by atoms with E-state index in [1.165, 1.54) is 4.90 Å². The summed E-state index contributed by atoms with van der Waals surface area (Å²) >= 11 is 0. The molecule has 0 aliphatic carbocycles. The molecule has 1 aliphatic heterocycles. The van der Waals surface area contributed by atoms with Crippen molar-refractivity contribution < 1.29 is 14.6 Å². The van der Waals surface area contributed by atoms with Gasteiger partial charge in [-0.1, -0.05) is 18.2 Å². The summed E-state index contributed by atoms with van der Waals surface area (Å²) in [5, 5.41) is 22.7. The van der Waals surface area contributed by atoms with Gasteiger partial charge >= 0.3 is 6.09 Å². The van der Waals surface area contributed by atoms with Crippen LogP contribution in [0.3, 0.4) is 0 Å². The Labute approximate surface area is 157 Å². The zero-order valence-electron chi connectivity index (χ0n) is 14.7. The molecule has 1 amide bonds. The molecule has 1 fully saturated rings. The highest BCUT2D eigenvalue weighted by atomic mass is 16.5. The molecule has 7 heteroatoms. The van der Waals surface area contributed by atoms with Crippen LogP contribution in [0.1, 0.15) is 12.8 Å². The Morgan fingerprint density at radius 1 is 1.19 bits per heavy atom. The van der Waals surface area contributed by atoms with E-state index in [0.717, 1.165) is 18.6 Å². The number of ether oxygens (including phenoxy) is 1. The van der Waals surface area contributed by atoms with Gasteiger partial charge in [0.1, 0.15) is 23.3 Å². The monoisotopic (exact) mass is 364 g/mol. The van der Waals surface area contributed by atoms with Crippen LogP contribution in [0.5, 0.6) is 11.5 Å². The molecule has 138 valence electrons. The quantitative estimate of drug-likeness (QED) is 0.613. The zero-order valence-corrected chi connectivity index (χ0v) is 14.7. The van der Waals surface area contributed by atoms with Crippen molar-refractivity contribution >= 4 is 17.5 Å². The molecule has 27 heavy (non-hydrogen) atoms. The minimum atomic E-state index is -0.959. The van der Waals surface area contributed by atoms with Gasteiger partial charge in [0.05, 0.1) is 5.69 Å². The Bertz CT molecular complexity index is 844. The van der Waals surface area contributed by atoms with Gasteiger partial charge in [0.15, 0.2) is 0 Å². The average molecular weight is 364 g/mol. The highest BCUT2D eigenvalue weighted by molar-refractivity contribution is 6.01. The van der Waals surface area contributed by atoms with Gasteiger partial charge in [-0.15, -0.1) is 0 Å². The summed E-state index contributed by atoms with van der Waals surface area (Å²) in [6.45, 7) is 0.800. The summed E-state index contributed by atoms with van der Waals surface area (Å²) in [6, 6.07) is 18.8. The predicted molar refractivity (Wildman–Crippen MR) is 102 cm³/mol. The van der Waals surface area contributed by atoms with Crippen LogP contribution in [-0.2, 0) is 0 Å². The summed E-state index contributed by atoms with van der Waals surface area (Å²) in [4.78, 5) is 12.5. The standard InChI is InChI=1S/C20H20N4O3/c21-13-19(15-5-4-12-24(14-15)20(25)26)23-22-16-8-10-18(11-9-16)27-17-6-2-1-3-7-17/h1-3,6-11,15,22H,4-5,12,14H2,(H,25,26)/b23-19+. The van der Waals surface area contributed by atoms with E-state index in [1.54, 1.807) is 12.1 Å². The lowest BCUT2D eigenvalue weighted by Gasteiger charge is -2.29. The molecule has 1 heterocycles. The number of nitrogens with one attached hydrogen (secondary N) is 1. The second kappa shape index (κ2) is 8.72. The second-order valence-corrected chi connectivity index (χ2v) is 6.23. The van der Waals surface area contributed by atoms with Crippen molar-refractivity contribution in [1.82, 2.24) is 4.90 Å². The molecule has 0 saturated carbocycles. The fourth-order valence-electron chi connectivity index (χ4n) is 2.93. The summed E-state index contributed by atoms with van der Waals surface area (Å²) in [5.74, 6) is 1.26. The fourth-order valence-corrected chi connectivity index (χ4v) is 2.93. The number of carboxylic acid groups (broad SMARTS) is 1. The Morgan fingerprint density at radius 2 is 1.89 bits per heavy atom. The summed E-state index contributed by atoms with van der Waals surface area (Å²) in [7, 11) is 0. The number of hydrogen-bond acceptors (Lipinski definition) is 5. The highest BCUT2D eigenvalue weighted by Crippen LogP contribution is 2.23. The van der Waals surface area contributed by atoms with Crippen molar-refractivity contribution in [2.75, 3.05) is 18.5 Å². The van der Waals surface area contributed by atoms with Gasteiger partial charge in [0.25, 0.3) is 0 Å². The van der Waals surface area contributed by atoms with Crippen molar-refractivity contribution in [3.8, 4) is 17.6 Å². The highest BCUT2D eigenvalue weighted by Gasteiger charge is 2.27. The van der Waals surface area contributed by atoms with Gasteiger partial charge in [-0.05, 0) is 49.2 Å². The fraction of sp³-hybridized carbons (Fsp3) is 0.250. The molecular formula is C20H20N4O3. The largest absolute Gasteiger partial charge is 0.465 e. The van der Waals surface area contributed by atoms with Gasteiger partial charge in [0.2, 0.25) is 0 Å². The van der Waals surface area contributed by atoms with Crippen LogP contribution in [-0.4, -0.2) is 34.9 Å². The van der Waals surface area contributed by atoms with Crippen molar-refractivity contribution in [3.63, 3.8) is 0 Å². The summed E-state index contributed by atoms with van der Waals surface area (Å²) < 4.78 is 5.73. The molecule has 1 atom stereocenters. The molecule has 0 aromatic heterocycles. The van der Waals surface area contributed by atoms with Crippen LogP contribution in [0.4, 0.5) is 10.5 Å². The Morgan fingerprint density at radius 3 is 2.56 bits per heavy atom. The molecule has 1 unspecified atom stereocenters. The first-order valence-corrected chi connectivity index (χ1v) is 8.70. The summed E-state index contributed by atoms with van der Waals surface area (Å²) in [6.07, 6.45) is 0.518. The molecule has 0 radical (unpaired) electrons. The topological polar surface area (TPSA) is 98.0 Å². The number of nitriles is 1. The van der Waals surface area contributed by atoms with E-state index >= 15 is 0 Å². The number of anilines is 1. The van der Waals surface area contributed by atoms with Crippen molar-refractivity contribution in [1.29, 1.82) is 5.26 Å². The maximum absolute atomic E-state index is 11.1. The molecule has 1 saturated heterocycles. The first-order chi connectivity index (χ1) is 13.2. The molecule has 7 nitrogen and oxygen atoms in total. The third-order valence-electron chi connectivity index (χ3n) is 4.33. The minimum absolute atomic E-state index is 0.187. The maximum atomic E-state index is 11.1. The number of nitrogens with zero attached hydrogens (tertiary/aromatic N) is 3. The number of rotatable bonds is 5. The van der Waals surface area contributed by atoms with E-state index in [0.29, 0.717) is 30.2 Å². The normalized spacial score (nSPS) is 17.1. The smallest absolute Gasteiger partial charge is 0.407 e. The number of para-hydroxylation sites is 1. The van der Waals surface area contributed by atoms with E-state index < -0.39 is 6.09 Å². The number of amides is 1. The zero-order chi connectivity index (χ0) is 19.1. The van der Waals surface area contributed by atoms with E-state index in [2.05, 4.69) is 16.6 Å². The third-order valence-corrected chi connectivity index (χ3v) is 4.33. The van der Waals surface area contributed by atoms with Crippen LogP contribution in [0.15, 0.2) is 59.7 Å². The first kappa shape index (κ1) is 18.3. The third kappa shape index (κ3) is 4.98. The van der Waals surface area contributed by atoms with Crippen LogP contribution in [0.25, 0.3) is 0 Å². The maximum Gasteiger partial charge on any atom is 0.407 e. The van der Waals surface area contributed by atoms with Crippen molar-refractivity contribution in [3.05, 3.63) is 54.6 Å². The van der Waals surface area contributed by atoms with Gasteiger partial charge in [-0.25, -0.2) is 4.79 Å². The van der Waals surface area contributed by atoms with Crippen molar-refractivity contribution in [2.45, 2.75) is 12.8 Å². The van der Waals surface area contributed by atoms with Crippen molar-refractivity contribution in [2.24, 2.45) is 11.0 Å². The number of likely N-dealkylation sites (tertiary alicyclic amines) is 1. The molecule has 3 rings (SSSR count). The van der Waals surface area contributed by atoms with Gasteiger partial charge in [0, 0.05) is 19.0 Å². The lowest BCUT2D eigenvalue weighted by Crippen LogP contribution is -2.41. The van der Waals surface area contributed by atoms with Crippen LogP contribution in [0, 0.1) is 17.2 Å². The number of benzene rings is 2. The lowest BCUT2D eigenvalue weighted by molar-refractivity contribution is 0.129. The lowest BCUT2D eigenvalue weighted by atomic mass is 9.94. The predicted octanol–water partition coefficient (Wildman–Crippen LogP) is 4.16. The SMILES string of the molecule is N#C/C(=N\Nc1ccc(Oc2ccccc2)cc1)C1CCCN(C(=O)O)C1. The molecular weight excluding hydrogens is 344 g/mol. The number of hydrazone groups is 1. The van der Waals surface area contributed by atoms with E-state index in [1.807, 2.05) is 42.5 Å². The van der Waals surface area contributed by atoms with E-state index in [-0.39, 0.29) is 5.92 Å². The second-order valence-electron chi connectivity index (χ2n) is 6.23. The van der Waals surface area contributed by atoms with Gasteiger partial charge < -0.3 is 14.7 Å². The molecule has 1 aliphatic rings. The van der Waals surface area contributed by atoms with Crippen LogP contribution < -0.4 is 10.2 Å². The molecule has 0 bridgehead atoms. The first-order valence-electron chi connectivity index (χ1n) is 8.70. The average Bonchev–Trinajstić information content (AvgIpc) is 2.71. The van der Waals surface area contributed by atoms with Crippen LogP contribution >= 0.6 is 0 Å². The van der Waals surface area contributed by atoms with Gasteiger partial charge in [-0.3, -0.25) is 5.43 Å². The Hall–Kier alpha value is -3.53. The van der Waals surface area contributed by atoms with E-state index in [4.69, 9.17) is 9.84 Å². The van der Waals surface area contributed by atoms with Crippen LogP contribution in [0.2, 0.25) is 0 Å². The molecule has 2 aromatic rings. The number of carbonyl (C=O) groups is 1. The van der Waals surface area contributed by atoms with Gasteiger partial charge in [-0.2, -0.15) is 10.4 Å². The molecule has 2 aromatic carbocycles. The minimum Gasteiger partial charge on any atom is -0.465 e. The number of piperidine rings is 1. The number of hydrogen-bond donors (Lipinski definition) is 2.